The van der Waals surface area contributed by atoms with Crippen molar-refractivity contribution in [3.63, 3.8) is 0 Å². The van der Waals surface area contributed by atoms with Crippen LogP contribution in [-0.4, -0.2) is 30.1 Å². The topological polar surface area (TPSA) is 60.5 Å². The Bertz CT molecular complexity index is 1040. The number of ether oxygens (including phenoxy) is 2. The van der Waals surface area contributed by atoms with Crippen LogP contribution in [0.1, 0.15) is 28.9 Å². The number of amides is 1. The van der Waals surface area contributed by atoms with E-state index in [1.165, 1.54) is 17.4 Å². The van der Waals surface area contributed by atoms with E-state index in [9.17, 15) is 9.18 Å². The van der Waals surface area contributed by atoms with E-state index in [0.29, 0.717) is 27.9 Å². The van der Waals surface area contributed by atoms with Crippen LogP contribution in [0.3, 0.4) is 0 Å². The molecule has 0 spiro atoms. The number of benzene rings is 2. The first-order valence-corrected chi connectivity index (χ1v) is 10.9. The van der Waals surface area contributed by atoms with Gasteiger partial charge in [-0.05, 0) is 31.0 Å². The Morgan fingerprint density at radius 1 is 1.33 bits per heavy atom. The molecule has 0 unspecified atom stereocenters. The highest BCUT2D eigenvalue weighted by atomic mass is 35.5. The summed E-state index contributed by atoms with van der Waals surface area (Å²) in [5.74, 6) is -0.359. The Balaban J connectivity index is 1.39. The van der Waals surface area contributed by atoms with Crippen molar-refractivity contribution in [2.75, 3.05) is 13.2 Å². The van der Waals surface area contributed by atoms with E-state index in [1.807, 2.05) is 18.2 Å². The molecule has 0 saturated carbocycles. The Labute approximate surface area is 182 Å². The second-order valence-corrected chi connectivity index (χ2v) is 8.17. The molecule has 0 radical (unpaired) electrons. The Kier molecular flexibility index (Phi) is 6.62. The van der Waals surface area contributed by atoms with E-state index in [0.717, 1.165) is 25.0 Å². The molecular formula is C22H20ClFN2O3S. The number of hydrogen-bond donors (Lipinski definition) is 1. The molecule has 156 valence electrons. The lowest BCUT2D eigenvalue weighted by atomic mass is 10.2. The largest absolute Gasteiger partial charge is 0.489 e. The Morgan fingerprint density at radius 3 is 2.97 bits per heavy atom. The van der Waals surface area contributed by atoms with Gasteiger partial charge in [0, 0.05) is 40.7 Å². The number of hydrogen-bond acceptors (Lipinski definition) is 5. The van der Waals surface area contributed by atoms with Crippen molar-refractivity contribution in [1.82, 2.24) is 10.3 Å². The van der Waals surface area contributed by atoms with Crippen LogP contribution in [0.4, 0.5) is 4.39 Å². The molecule has 2 heterocycles. The van der Waals surface area contributed by atoms with Crippen molar-refractivity contribution in [3.8, 4) is 16.3 Å². The molecule has 30 heavy (non-hydrogen) atoms. The number of aromatic nitrogens is 1. The van der Waals surface area contributed by atoms with Crippen molar-refractivity contribution in [3.05, 3.63) is 69.9 Å². The number of rotatable bonds is 7. The monoisotopic (exact) mass is 446 g/mol. The molecule has 4 rings (SSSR count). The molecule has 2 aromatic carbocycles. The van der Waals surface area contributed by atoms with Gasteiger partial charge in [0.05, 0.1) is 6.10 Å². The van der Waals surface area contributed by atoms with Gasteiger partial charge in [-0.2, -0.15) is 0 Å². The van der Waals surface area contributed by atoms with Gasteiger partial charge in [0.25, 0.3) is 5.91 Å². The summed E-state index contributed by atoms with van der Waals surface area (Å²) in [7, 11) is 0. The first kappa shape index (κ1) is 20.8. The van der Waals surface area contributed by atoms with Crippen molar-refractivity contribution < 1.29 is 18.7 Å². The fourth-order valence-electron chi connectivity index (χ4n) is 3.14. The van der Waals surface area contributed by atoms with Crippen molar-refractivity contribution in [2.45, 2.75) is 25.6 Å². The fourth-order valence-corrected chi connectivity index (χ4v) is 4.16. The van der Waals surface area contributed by atoms with Gasteiger partial charge in [0.1, 0.15) is 28.9 Å². The van der Waals surface area contributed by atoms with Gasteiger partial charge in [-0.15, -0.1) is 11.3 Å². The highest BCUT2D eigenvalue weighted by Gasteiger charge is 2.19. The van der Waals surface area contributed by atoms with Gasteiger partial charge >= 0.3 is 0 Å². The summed E-state index contributed by atoms with van der Waals surface area (Å²) in [6.45, 7) is 1.43. The first-order chi connectivity index (χ1) is 14.6. The summed E-state index contributed by atoms with van der Waals surface area (Å²) >= 11 is 7.33. The minimum atomic E-state index is -0.465. The molecule has 1 aromatic heterocycles. The zero-order chi connectivity index (χ0) is 20.9. The smallest absolute Gasteiger partial charge is 0.270 e. The average Bonchev–Trinajstić information content (AvgIpc) is 3.44. The summed E-state index contributed by atoms with van der Waals surface area (Å²) in [5.41, 5.74) is 1.41. The van der Waals surface area contributed by atoms with Crippen LogP contribution < -0.4 is 10.1 Å². The predicted molar refractivity (Wildman–Crippen MR) is 115 cm³/mol. The quantitative estimate of drug-likeness (QED) is 0.549. The van der Waals surface area contributed by atoms with Crippen LogP contribution in [0, 0.1) is 5.82 Å². The summed E-state index contributed by atoms with van der Waals surface area (Å²) < 4.78 is 25.8. The third-order valence-corrected chi connectivity index (χ3v) is 6.02. The summed E-state index contributed by atoms with van der Waals surface area (Å²) in [6, 6.07) is 11.9. The van der Waals surface area contributed by atoms with E-state index in [4.69, 9.17) is 21.1 Å². The van der Waals surface area contributed by atoms with E-state index in [2.05, 4.69) is 10.3 Å². The zero-order valence-corrected chi connectivity index (χ0v) is 17.6. The molecule has 1 aliphatic rings. The maximum atomic E-state index is 14.6. The molecule has 0 aliphatic carbocycles. The molecule has 1 aliphatic heterocycles. The van der Waals surface area contributed by atoms with Gasteiger partial charge < -0.3 is 14.8 Å². The lowest BCUT2D eigenvalue weighted by molar-refractivity contribution is 0.0854. The first-order valence-electron chi connectivity index (χ1n) is 9.61. The Morgan fingerprint density at radius 2 is 2.20 bits per heavy atom. The van der Waals surface area contributed by atoms with E-state index in [1.54, 1.807) is 23.6 Å². The SMILES string of the molecule is O=C(NC[C@@H]1CCCO1)c1csc(-c2ccc(OCc3ccccc3Cl)cc2F)n1. The zero-order valence-electron chi connectivity index (χ0n) is 16.1. The van der Waals surface area contributed by atoms with Crippen LogP contribution in [0.2, 0.25) is 5.02 Å². The van der Waals surface area contributed by atoms with Crippen LogP contribution in [-0.2, 0) is 11.3 Å². The molecule has 8 heteroatoms. The van der Waals surface area contributed by atoms with Crippen LogP contribution in [0.15, 0.2) is 47.8 Å². The van der Waals surface area contributed by atoms with Crippen LogP contribution in [0.25, 0.3) is 10.6 Å². The second kappa shape index (κ2) is 9.55. The molecular weight excluding hydrogens is 427 g/mol. The Hall–Kier alpha value is -2.48. The van der Waals surface area contributed by atoms with Crippen molar-refractivity contribution in [2.24, 2.45) is 0 Å². The fraction of sp³-hybridized carbons (Fsp3) is 0.273. The van der Waals surface area contributed by atoms with E-state index >= 15 is 0 Å². The summed E-state index contributed by atoms with van der Waals surface area (Å²) in [6.07, 6.45) is 2.01. The normalized spacial score (nSPS) is 15.9. The van der Waals surface area contributed by atoms with Gasteiger partial charge in [-0.1, -0.05) is 29.8 Å². The predicted octanol–water partition coefficient (Wildman–Crippen LogP) is 5.09. The minimum Gasteiger partial charge on any atom is -0.489 e. The molecule has 1 saturated heterocycles. The lowest BCUT2D eigenvalue weighted by Crippen LogP contribution is -2.31. The number of carbonyl (C=O) groups is 1. The van der Waals surface area contributed by atoms with Gasteiger partial charge in [0.2, 0.25) is 0 Å². The number of halogens is 2. The molecule has 1 amide bonds. The maximum absolute atomic E-state index is 14.6. The van der Waals surface area contributed by atoms with E-state index in [-0.39, 0.29) is 24.3 Å². The molecule has 3 aromatic rings. The van der Waals surface area contributed by atoms with Gasteiger partial charge in [-0.25, -0.2) is 9.37 Å². The van der Waals surface area contributed by atoms with Crippen molar-refractivity contribution >= 4 is 28.8 Å². The standard InChI is InChI=1S/C22H20ClFN2O3S/c23-18-6-2-1-4-14(18)12-29-15-7-8-17(19(24)10-15)22-26-20(13-30-22)21(27)25-11-16-5-3-9-28-16/h1-2,4,6-8,10,13,16H,3,5,9,11-12H2,(H,25,27)/t16-/m0/s1. The molecule has 0 bridgehead atoms. The minimum absolute atomic E-state index is 0.0582. The number of nitrogens with zero attached hydrogens (tertiary/aromatic N) is 1. The molecule has 1 atom stereocenters. The molecule has 1 fully saturated rings. The highest BCUT2D eigenvalue weighted by Crippen LogP contribution is 2.29. The highest BCUT2D eigenvalue weighted by molar-refractivity contribution is 7.13. The maximum Gasteiger partial charge on any atom is 0.270 e. The molecule has 5 nitrogen and oxygen atoms in total. The van der Waals surface area contributed by atoms with E-state index < -0.39 is 5.82 Å². The average molecular weight is 447 g/mol. The van der Waals surface area contributed by atoms with Gasteiger partial charge in [-0.3, -0.25) is 4.79 Å². The van der Waals surface area contributed by atoms with Crippen LogP contribution in [0.5, 0.6) is 5.75 Å². The molecule has 1 N–H and O–H groups in total. The summed E-state index contributed by atoms with van der Waals surface area (Å²) in [5, 5.41) is 5.49. The van der Waals surface area contributed by atoms with Gasteiger partial charge in [0.15, 0.2) is 0 Å². The van der Waals surface area contributed by atoms with Crippen molar-refractivity contribution in [1.29, 1.82) is 0 Å². The van der Waals surface area contributed by atoms with Crippen LogP contribution >= 0.6 is 22.9 Å². The third kappa shape index (κ3) is 4.98. The number of nitrogens with one attached hydrogen (secondary N) is 1. The second-order valence-electron chi connectivity index (χ2n) is 6.90. The summed E-state index contributed by atoms with van der Waals surface area (Å²) in [4.78, 5) is 16.6. The number of carbonyl (C=O) groups excluding carboxylic acids is 1. The lowest BCUT2D eigenvalue weighted by Gasteiger charge is -2.09. The number of thiazole rings is 1. The third-order valence-electron chi connectivity index (χ3n) is 4.77.